The molecule has 1 aliphatic heterocycles. The van der Waals surface area contributed by atoms with Crippen LogP contribution < -0.4 is 5.32 Å². The summed E-state index contributed by atoms with van der Waals surface area (Å²) in [6.07, 6.45) is 3.23. The Bertz CT molecular complexity index is 255. The van der Waals surface area contributed by atoms with Gasteiger partial charge in [-0.05, 0) is 59.3 Å². The minimum absolute atomic E-state index is 0.0491. The highest BCUT2D eigenvalue weighted by Crippen LogP contribution is 2.16. The number of nitrogens with one attached hydrogen (secondary N) is 1. The average Bonchev–Trinajstić information content (AvgIpc) is 2.33. The lowest BCUT2D eigenvalue weighted by molar-refractivity contribution is -0.134. The highest BCUT2D eigenvalue weighted by molar-refractivity contribution is 5.82. The summed E-state index contributed by atoms with van der Waals surface area (Å²) >= 11 is 0. The number of likely N-dealkylation sites (N-methyl/N-ethyl adjacent to an activating group) is 1. The van der Waals surface area contributed by atoms with Crippen molar-refractivity contribution in [1.29, 1.82) is 0 Å². The number of hydrogen-bond donors (Lipinski definition) is 1. The molecule has 1 heterocycles. The summed E-state index contributed by atoms with van der Waals surface area (Å²) in [7, 11) is 4.14. The van der Waals surface area contributed by atoms with Crippen LogP contribution in [0.15, 0.2) is 0 Å². The molecule has 0 aromatic carbocycles. The van der Waals surface area contributed by atoms with Gasteiger partial charge in [-0.3, -0.25) is 4.79 Å². The Kier molecular flexibility index (Phi) is 6.65. The van der Waals surface area contributed by atoms with Gasteiger partial charge >= 0.3 is 0 Å². The molecule has 1 N–H and O–H groups in total. The molecule has 4 heteroatoms. The van der Waals surface area contributed by atoms with Gasteiger partial charge in [0.2, 0.25) is 5.91 Å². The summed E-state index contributed by atoms with van der Waals surface area (Å²) in [5.74, 6) is 0.962. The number of piperidine rings is 1. The van der Waals surface area contributed by atoms with Gasteiger partial charge in [-0.1, -0.05) is 6.92 Å². The first-order valence-corrected chi connectivity index (χ1v) is 7.21. The van der Waals surface area contributed by atoms with Crippen LogP contribution in [0.4, 0.5) is 0 Å². The predicted octanol–water partition coefficient (Wildman–Crippen LogP) is 1.17. The van der Waals surface area contributed by atoms with Crippen molar-refractivity contribution in [1.82, 2.24) is 15.1 Å². The topological polar surface area (TPSA) is 35.6 Å². The second kappa shape index (κ2) is 7.74. The molecule has 1 rings (SSSR count). The number of rotatable bonds is 6. The van der Waals surface area contributed by atoms with E-state index < -0.39 is 0 Å². The molecular weight excluding hydrogens is 226 g/mol. The first-order valence-electron chi connectivity index (χ1n) is 7.21. The summed E-state index contributed by atoms with van der Waals surface area (Å²) in [6.45, 7) is 8.02. The second-order valence-electron chi connectivity index (χ2n) is 5.71. The fourth-order valence-corrected chi connectivity index (χ4v) is 2.52. The zero-order valence-electron chi connectivity index (χ0n) is 12.4. The van der Waals surface area contributed by atoms with Crippen molar-refractivity contribution in [3.05, 3.63) is 0 Å². The Morgan fingerprint density at radius 3 is 2.61 bits per heavy atom. The molecule has 2 atom stereocenters. The van der Waals surface area contributed by atoms with Gasteiger partial charge in [0.1, 0.15) is 0 Å². The molecule has 2 unspecified atom stereocenters. The molecule has 18 heavy (non-hydrogen) atoms. The molecule has 1 saturated heterocycles. The van der Waals surface area contributed by atoms with Gasteiger partial charge in [-0.15, -0.1) is 0 Å². The Morgan fingerprint density at radius 1 is 1.33 bits per heavy atom. The SMILES string of the molecule is CCN(CCCN(C)C)C(=O)C1CC(C)CCN1. The molecule has 0 saturated carbocycles. The van der Waals surface area contributed by atoms with E-state index in [0.29, 0.717) is 11.8 Å². The predicted molar refractivity (Wildman–Crippen MR) is 75.6 cm³/mol. The standard InChI is InChI=1S/C14H29N3O/c1-5-17(10-6-9-16(3)4)14(18)13-11-12(2)7-8-15-13/h12-13,15H,5-11H2,1-4H3. The fraction of sp³-hybridized carbons (Fsp3) is 0.929. The Morgan fingerprint density at radius 2 is 2.06 bits per heavy atom. The minimum atomic E-state index is 0.0491. The van der Waals surface area contributed by atoms with Crippen LogP contribution in [-0.2, 0) is 4.79 Å². The zero-order chi connectivity index (χ0) is 13.5. The Balaban J connectivity index is 2.40. The van der Waals surface area contributed by atoms with Gasteiger partial charge < -0.3 is 15.1 Å². The molecule has 0 radical (unpaired) electrons. The quantitative estimate of drug-likeness (QED) is 0.774. The zero-order valence-corrected chi connectivity index (χ0v) is 12.4. The van der Waals surface area contributed by atoms with Gasteiger partial charge in [-0.25, -0.2) is 0 Å². The summed E-state index contributed by atoms with van der Waals surface area (Å²) in [5.41, 5.74) is 0. The molecule has 0 aromatic heterocycles. The van der Waals surface area contributed by atoms with Crippen molar-refractivity contribution < 1.29 is 4.79 Å². The highest BCUT2D eigenvalue weighted by atomic mass is 16.2. The van der Waals surface area contributed by atoms with Crippen LogP contribution in [0, 0.1) is 5.92 Å². The van der Waals surface area contributed by atoms with E-state index in [1.807, 2.05) is 4.90 Å². The van der Waals surface area contributed by atoms with E-state index >= 15 is 0 Å². The van der Waals surface area contributed by atoms with Crippen LogP contribution in [0.5, 0.6) is 0 Å². The number of carbonyl (C=O) groups excluding carboxylic acids is 1. The first-order chi connectivity index (χ1) is 8.54. The van der Waals surface area contributed by atoms with Crippen LogP contribution in [0.25, 0.3) is 0 Å². The van der Waals surface area contributed by atoms with Crippen molar-refractivity contribution >= 4 is 5.91 Å². The second-order valence-corrected chi connectivity index (χ2v) is 5.71. The lowest BCUT2D eigenvalue weighted by atomic mass is 9.93. The van der Waals surface area contributed by atoms with E-state index in [9.17, 15) is 4.79 Å². The van der Waals surface area contributed by atoms with E-state index in [4.69, 9.17) is 0 Å². The summed E-state index contributed by atoms with van der Waals surface area (Å²) < 4.78 is 0. The normalized spacial score (nSPS) is 24.3. The van der Waals surface area contributed by atoms with E-state index in [0.717, 1.165) is 39.0 Å². The van der Waals surface area contributed by atoms with Crippen LogP contribution in [-0.4, -0.2) is 62.0 Å². The average molecular weight is 255 g/mol. The third kappa shape index (κ3) is 4.94. The minimum Gasteiger partial charge on any atom is -0.342 e. The Labute approximate surface area is 112 Å². The number of hydrogen-bond acceptors (Lipinski definition) is 3. The summed E-state index contributed by atoms with van der Waals surface area (Å²) in [4.78, 5) is 16.6. The van der Waals surface area contributed by atoms with E-state index in [2.05, 4.69) is 38.2 Å². The van der Waals surface area contributed by atoms with Crippen LogP contribution in [0.3, 0.4) is 0 Å². The van der Waals surface area contributed by atoms with E-state index in [1.54, 1.807) is 0 Å². The van der Waals surface area contributed by atoms with Crippen LogP contribution >= 0.6 is 0 Å². The summed E-state index contributed by atoms with van der Waals surface area (Å²) in [5, 5.41) is 3.36. The maximum Gasteiger partial charge on any atom is 0.239 e. The number of carbonyl (C=O) groups is 1. The van der Waals surface area contributed by atoms with Gasteiger partial charge in [0, 0.05) is 13.1 Å². The monoisotopic (exact) mass is 255 g/mol. The molecule has 1 aliphatic rings. The van der Waals surface area contributed by atoms with Crippen molar-refractivity contribution in [2.45, 2.75) is 39.2 Å². The molecule has 106 valence electrons. The third-order valence-corrected chi connectivity index (χ3v) is 3.69. The molecule has 0 aliphatic carbocycles. The first kappa shape index (κ1) is 15.4. The lowest BCUT2D eigenvalue weighted by Crippen LogP contribution is -2.50. The van der Waals surface area contributed by atoms with Gasteiger partial charge in [-0.2, -0.15) is 0 Å². The molecule has 1 fully saturated rings. The maximum absolute atomic E-state index is 12.4. The molecule has 0 aromatic rings. The molecule has 1 amide bonds. The molecule has 0 spiro atoms. The third-order valence-electron chi connectivity index (χ3n) is 3.69. The van der Waals surface area contributed by atoms with E-state index in [1.165, 1.54) is 6.42 Å². The van der Waals surface area contributed by atoms with Gasteiger partial charge in [0.05, 0.1) is 6.04 Å². The maximum atomic E-state index is 12.4. The van der Waals surface area contributed by atoms with Gasteiger partial charge in [0.15, 0.2) is 0 Å². The van der Waals surface area contributed by atoms with Crippen molar-refractivity contribution in [2.75, 3.05) is 40.3 Å². The van der Waals surface area contributed by atoms with Crippen LogP contribution in [0.1, 0.15) is 33.1 Å². The highest BCUT2D eigenvalue weighted by Gasteiger charge is 2.27. The van der Waals surface area contributed by atoms with E-state index in [-0.39, 0.29) is 6.04 Å². The Hall–Kier alpha value is -0.610. The number of amides is 1. The van der Waals surface area contributed by atoms with Crippen molar-refractivity contribution in [3.63, 3.8) is 0 Å². The molecule has 0 bridgehead atoms. The van der Waals surface area contributed by atoms with Crippen molar-refractivity contribution in [3.8, 4) is 0 Å². The molecular formula is C14H29N3O. The van der Waals surface area contributed by atoms with Crippen LogP contribution in [0.2, 0.25) is 0 Å². The van der Waals surface area contributed by atoms with Gasteiger partial charge in [0.25, 0.3) is 0 Å². The fourth-order valence-electron chi connectivity index (χ4n) is 2.52. The summed E-state index contributed by atoms with van der Waals surface area (Å²) in [6, 6.07) is 0.0491. The van der Waals surface area contributed by atoms with Crippen molar-refractivity contribution in [2.24, 2.45) is 5.92 Å². The number of nitrogens with zero attached hydrogens (tertiary/aromatic N) is 2. The molecule has 4 nitrogen and oxygen atoms in total. The lowest BCUT2D eigenvalue weighted by Gasteiger charge is -2.32. The smallest absolute Gasteiger partial charge is 0.239 e. The largest absolute Gasteiger partial charge is 0.342 e.